The van der Waals surface area contributed by atoms with Crippen molar-refractivity contribution in [1.29, 1.82) is 0 Å². The van der Waals surface area contributed by atoms with Gasteiger partial charge in [0.25, 0.3) is 0 Å². The van der Waals surface area contributed by atoms with Crippen molar-refractivity contribution in [3.05, 3.63) is 11.7 Å². The number of nitrogens with zero attached hydrogens (tertiary/aromatic N) is 2. The molecule has 17 heavy (non-hydrogen) atoms. The summed E-state index contributed by atoms with van der Waals surface area (Å²) >= 11 is 0. The van der Waals surface area contributed by atoms with E-state index in [0.29, 0.717) is 6.61 Å². The van der Waals surface area contributed by atoms with Crippen molar-refractivity contribution < 1.29 is 27.2 Å². The Morgan fingerprint density at radius 2 is 2.18 bits per heavy atom. The van der Waals surface area contributed by atoms with E-state index in [1.807, 2.05) is 0 Å². The number of Topliss-reactive ketones (excluding diaryl/α,β-unsaturated/α-hetero) is 1. The maximum absolute atomic E-state index is 12.1. The average Bonchev–Trinajstić information content (AvgIpc) is 2.71. The molecule has 0 aliphatic heterocycles. The summed E-state index contributed by atoms with van der Waals surface area (Å²) in [5.74, 6) is -3.66. The summed E-state index contributed by atoms with van der Waals surface area (Å²) in [5, 5.41) is 3.41. The number of rotatable bonds is 5. The molecule has 0 N–H and O–H groups in total. The number of ether oxygens (including phenoxy) is 1. The Bertz CT molecular complexity index is 389. The van der Waals surface area contributed by atoms with Crippen LogP contribution in [0, 0.1) is 0 Å². The lowest BCUT2D eigenvalue weighted by atomic mass is 10.1. The van der Waals surface area contributed by atoms with Gasteiger partial charge in [0.2, 0.25) is 11.7 Å². The maximum atomic E-state index is 12.1. The first kappa shape index (κ1) is 13.6. The molecule has 1 aromatic rings. The van der Waals surface area contributed by atoms with E-state index in [2.05, 4.69) is 14.7 Å². The van der Waals surface area contributed by atoms with Crippen LogP contribution in [0.1, 0.15) is 31.5 Å². The molecular weight excluding hydrogens is 241 g/mol. The second-order valence-corrected chi connectivity index (χ2v) is 3.27. The van der Waals surface area contributed by atoms with Crippen LogP contribution in [0.3, 0.4) is 0 Å². The van der Waals surface area contributed by atoms with Gasteiger partial charge < -0.3 is 9.26 Å². The summed E-state index contributed by atoms with van der Waals surface area (Å²) in [6.07, 6.45) is -4.91. The molecule has 1 unspecified atom stereocenters. The summed E-state index contributed by atoms with van der Waals surface area (Å²) in [7, 11) is 0. The molecule has 1 atom stereocenters. The van der Waals surface area contributed by atoms with E-state index in [1.54, 1.807) is 6.92 Å². The predicted octanol–water partition coefficient (Wildman–Crippen LogP) is 1.84. The number of aromatic nitrogens is 2. The average molecular weight is 252 g/mol. The Morgan fingerprint density at radius 1 is 1.53 bits per heavy atom. The van der Waals surface area contributed by atoms with Crippen LogP contribution in [0.2, 0.25) is 0 Å². The molecule has 1 heterocycles. The molecule has 0 aliphatic carbocycles. The van der Waals surface area contributed by atoms with E-state index in [9.17, 15) is 18.0 Å². The van der Waals surface area contributed by atoms with E-state index in [0.717, 1.165) is 6.92 Å². The van der Waals surface area contributed by atoms with Gasteiger partial charge >= 0.3 is 6.18 Å². The Kier molecular flexibility index (Phi) is 4.22. The lowest BCUT2D eigenvalue weighted by Crippen LogP contribution is -2.27. The third kappa shape index (κ3) is 3.52. The minimum atomic E-state index is -4.91. The van der Waals surface area contributed by atoms with Gasteiger partial charge in [0.05, 0.1) is 0 Å². The molecule has 8 heteroatoms. The van der Waals surface area contributed by atoms with Crippen LogP contribution < -0.4 is 0 Å². The number of hydrogen-bond acceptors (Lipinski definition) is 5. The molecule has 1 rings (SSSR count). The molecular formula is C9H11F3N2O3. The van der Waals surface area contributed by atoms with Gasteiger partial charge in [0, 0.05) is 6.61 Å². The van der Waals surface area contributed by atoms with Crippen LogP contribution >= 0.6 is 0 Å². The van der Waals surface area contributed by atoms with Gasteiger partial charge in [-0.3, -0.25) is 4.79 Å². The first-order chi connectivity index (χ1) is 7.86. The van der Waals surface area contributed by atoms with E-state index in [-0.39, 0.29) is 18.3 Å². The SMILES string of the molecule is CCOCc1noc(C(C)C(=O)C(F)(F)F)n1. The maximum Gasteiger partial charge on any atom is 0.450 e. The van der Waals surface area contributed by atoms with Crippen molar-refractivity contribution in [2.24, 2.45) is 0 Å². The van der Waals surface area contributed by atoms with E-state index in [4.69, 9.17) is 4.74 Å². The number of hydrogen-bond donors (Lipinski definition) is 0. The van der Waals surface area contributed by atoms with Crippen molar-refractivity contribution >= 4 is 5.78 Å². The Labute approximate surface area is 94.9 Å². The minimum Gasteiger partial charge on any atom is -0.374 e. The van der Waals surface area contributed by atoms with E-state index >= 15 is 0 Å². The number of carbonyl (C=O) groups is 1. The molecule has 1 aromatic heterocycles. The fourth-order valence-electron chi connectivity index (χ4n) is 1.05. The van der Waals surface area contributed by atoms with Gasteiger partial charge in [0.15, 0.2) is 5.82 Å². The molecule has 0 saturated heterocycles. The molecule has 0 fully saturated rings. The zero-order valence-corrected chi connectivity index (χ0v) is 9.24. The van der Waals surface area contributed by atoms with Gasteiger partial charge in [-0.1, -0.05) is 5.16 Å². The lowest BCUT2D eigenvalue weighted by molar-refractivity contribution is -0.172. The van der Waals surface area contributed by atoms with Crippen molar-refractivity contribution in [3.63, 3.8) is 0 Å². The third-order valence-corrected chi connectivity index (χ3v) is 1.96. The third-order valence-electron chi connectivity index (χ3n) is 1.96. The van der Waals surface area contributed by atoms with Gasteiger partial charge in [-0.25, -0.2) is 0 Å². The predicted molar refractivity (Wildman–Crippen MR) is 49.1 cm³/mol. The molecule has 0 spiro atoms. The first-order valence-corrected chi connectivity index (χ1v) is 4.87. The Morgan fingerprint density at radius 3 is 2.71 bits per heavy atom. The molecule has 0 aromatic carbocycles. The zero-order chi connectivity index (χ0) is 13.1. The van der Waals surface area contributed by atoms with Crippen LogP contribution in [0.5, 0.6) is 0 Å². The summed E-state index contributed by atoms with van der Waals surface area (Å²) in [5.41, 5.74) is 0. The molecule has 0 aliphatic rings. The fourth-order valence-corrected chi connectivity index (χ4v) is 1.05. The second kappa shape index (κ2) is 5.26. The van der Waals surface area contributed by atoms with E-state index in [1.165, 1.54) is 0 Å². The highest BCUT2D eigenvalue weighted by Crippen LogP contribution is 2.26. The standard InChI is InChI=1S/C9H11F3N2O3/c1-3-16-4-6-13-8(17-14-6)5(2)7(15)9(10,11)12/h5H,3-4H2,1-2H3. The highest BCUT2D eigenvalue weighted by molar-refractivity contribution is 5.89. The summed E-state index contributed by atoms with van der Waals surface area (Å²) < 4.78 is 45.9. The molecule has 0 bridgehead atoms. The topological polar surface area (TPSA) is 65.2 Å². The van der Waals surface area contributed by atoms with Gasteiger partial charge in [0.1, 0.15) is 12.5 Å². The van der Waals surface area contributed by atoms with Gasteiger partial charge in [-0.05, 0) is 13.8 Å². The van der Waals surface area contributed by atoms with Crippen LogP contribution in [0.25, 0.3) is 0 Å². The van der Waals surface area contributed by atoms with Crippen LogP contribution in [0.15, 0.2) is 4.52 Å². The normalized spacial score (nSPS) is 13.7. The Hall–Kier alpha value is -1.44. The van der Waals surface area contributed by atoms with Gasteiger partial charge in [-0.2, -0.15) is 18.2 Å². The Balaban J connectivity index is 2.73. The fraction of sp³-hybridized carbons (Fsp3) is 0.667. The van der Waals surface area contributed by atoms with Crippen LogP contribution in [-0.2, 0) is 16.1 Å². The zero-order valence-electron chi connectivity index (χ0n) is 9.24. The van der Waals surface area contributed by atoms with Gasteiger partial charge in [-0.15, -0.1) is 0 Å². The molecule has 0 saturated carbocycles. The van der Waals surface area contributed by atoms with Crippen molar-refractivity contribution in [3.8, 4) is 0 Å². The highest BCUT2D eigenvalue weighted by Gasteiger charge is 2.43. The molecule has 96 valence electrons. The minimum absolute atomic E-state index is 0.0347. The van der Waals surface area contributed by atoms with Crippen molar-refractivity contribution in [2.45, 2.75) is 32.5 Å². The smallest absolute Gasteiger partial charge is 0.374 e. The van der Waals surface area contributed by atoms with Crippen LogP contribution in [0.4, 0.5) is 13.2 Å². The quantitative estimate of drug-likeness (QED) is 0.800. The molecule has 5 nitrogen and oxygen atoms in total. The molecule has 0 radical (unpaired) electrons. The summed E-state index contributed by atoms with van der Waals surface area (Å²) in [4.78, 5) is 14.6. The van der Waals surface area contributed by atoms with Crippen molar-refractivity contribution in [1.82, 2.24) is 10.1 Å². The summed E-state index contributed by atoms with van der Waals surface area (Å²) in [6, 6.07) is 0. The largest absolute Gasteiger partial charge is 0.450 e. The highest BCUT2D eigenvalue weighted by atomic mass is 19.4. The number of halogens is 3. The number of ketones is 1. The van der Waals surface area contributed by atoms with E-state index < -0.39 is 17.9 Å². The number of carbonyl (C=O) groups excluding carboxylic acids is 1. The first-order valence-electron chi connectivity index (χ1n) is 4.87. The lowest BCUT2D eigenvalue weighted by Gasteiger charge is -2.08. The molecule has 0 amide bonds. The number of alkyl halides is 3. The monoisotopic (exact) mass is 252 g/mol. The second-order valence-electron chi connectivity index (χ2n) is 3.27. The van der Waals surface area contributed by atoms with Crippen molar-refractivity contribution in [2.75, 3.05) is 6.61 Å². The van der Waals surface area contributed by atoms with Crippen LogP contribution in [-0.4, -0.2) is 28.7 Å². The summed E-state index contributed by atoms with van der Waals surface area (Å²) in [6.45, 7) is 3.26.